The lowest BCUT2D eigenvalue weighted by molar-refractivity contribution is -0.385. The molecule has 1 aliphatic rings. The van der Waals surface area contributed by atoms with Crippen LogP contribution in [0.2, 0.25) is 0 Å². The predicted molar refractivity (Wildman–Crippen MR) is 112 cm³/mol. The Kier molecular flexibility index (Phi) is 5.25. The molecule has 0 saturated carbocycles. The Labute approximate surface area is 168 Å². The summed E-state index contributed by atoms with van der Waals surface area (Å²) in [6, 6.07) is 12.0. The molecule has 9 heteroatoms. The number of nitro groups is 1. The van der Waals surface area contributed by atoms with Crippen LogP contribution in [0.15, 0.2) is 53.6 Å². The second-order valence-corrected chi connectivity index (χ2v) is 8.99. The third-order valence-electron chi connectivity index (χ3n) is 5.24. The Balaban J connectivity index is 1.58. The lowest BCUT2D eigenvalue weighted by Crippen LogP contribution is -2.28. The molecule has 0 radical (unpaired) electrons. The van der Waals surface area contributed by atoms with E-state index >= 15 is 0 Å². The van der Waals surface area contributed by atoms with Crippen molar-refractivity contribution in [2.24, 2.45) is 0 Å². The van der Waals surface area contributed by atoms with E-state index in [1.54, 1.807) is 0 Å². The van der Waals surface area contributed by atoms with E-state index in [4.69, 9.17) is 0 Å². The van der Waals surface area contributed by atoms with Crippen molar-refractivity contribution >= 4 is 32.3 Å². The van der Waals surface area contributed by atoms with Crippen molar-refractivity contribution in [3.05, 3.63) is 64.3 Å². The van der Waals surface area contributed by atoms with Crippen molar-refractivity contribution in [1.29, 1.82) is 0 Å². The van der Waals surface area contributed by atoms with E-state index in [-0.39, 0.29) is 10.6 Å². The number of non-ortho nitro benzene ring substituents is 1. The number of benzene rings is 2. The molecule has 4 rings (SSSR count). The van der Waals surface area contributed by atoms with E-state index in [2.05, 4.69) is 10.3 Å². The van der Waals surface area contributed by atoms with Crippen molar-refractivity contribution in [3.8, 4) is 0 Å². The Morgan fingerprint density at radius 2 is 1.90 bits per heavy atom. The maximum Gasteiger partial charge on any atom is 0.270 e. The van der Waals surface area contributed by atoms with Gasteiger partial charge in [-0.2, -0.15) is 4.31 Å². The van der Waals surface area contributed by atoms with E-state index in [9.17, 15) is 18.5 Å². The number of hydrogen-bond donors (Lipinski definition) is 2. The summed E-state index contributed by atoms with van der Waals surface area (Å²) < 4.78 is 27.5. The van der Waals surface area contributed by atoms with E-state index < -0.39 is 14.9 Å². The second kappa shape index (κ2) is 7.84. The molecule has 0 spiro atoms. The number of nitrogens with one attached hydrogen (secondary N) is 2. The van der Waals surface area contributed by atoms with Gasteiger partial charge in [0.15, 0.2) is 0 Å². The molecule has 2 N–H and O–H groups in total. The van der Waals surface area contributed by atoms with E-state index in [0.717, 1.165) is 35.4 Å². The van der Waals surface area contributed by atoms with Crippen LogP contribution in [-0.2, 0) is 16.4 Å². The summed E-state index contributed by atoms with van der Waals surface area (Å²) in [6.45, 7) is 1.39. The number of nitrogens with zero attached hydrogens (tertiary/aromatic N) is 2. The molecular weight excluding hydrogens is 392 g/mol. The molecule has 1 aromatic heterocycles. The highest BCUT2D eigenvalue weighted by molar-refractivity contribution is 7.89. The summed E-state index contributed by atoms with van der Waals surface area (Å²) in [5.41, 5.74) is 2.33. The lowest BCUT2D eigenvalue weighted by Gasteiger charge is -2.18. The quantitative estimate of drug-likeness (QED) is 0.454. The number of fused-ring (bicyclic) bond motifs is 1. The van der Waals surface area contributed by atoms with Gasteiger partial charge in [-0.3, -0.25) is 10.1 Å². The summed E-state index contributed by atoms with van der Waals surface area (Å²) in [6.07, 6.45) is 4.24. The molecule has 0 aliphatic carbocycles. The van der Waals surface area contributed by atoms with Crippen molar-refractivity contribution in [3.63, 3.8) is 0 Å². The van der Waals surface area contributed by atoms with Crippen LogP contribution in [0, 0.1) is 10.1 Å². The fraction of sp³-hybridized carbons (Fsp3) is 0.300. The normalized spacial score (nSPS) is 15.0. The summed E-state index contributed by atoms with van der Waals surface area (Å²) >= 11 is 0. The van der Waals surface area contributed by atoms with Gasteiger partial charge in [0.2, 0.25) is 10.0 Å². The van der Waals surface area contributed by atoms with Crippen molar-refractivity contribution < 1.29 is 13.3 Å². The second-order valence-electron chi connectivity index (χ2n) is 7.09. The Hall–Kier alpha value is -2.91. The first-order valence-corrected chi connectivity index (χ1v) is 11.0. The lowest BCUT2D eigenvalue weighted by atomic mass is 10.1. The van der Waals surface area contributed by atoms with E-state index in [1.807, 2.05) is 30.5 Å². The average molecular weight is 414 g/mol. The van der Waals surface area contributed by atoms with Crippen LogP contribution >= 0.6 is 0 Å². The highest BCUT2D eigenvalue weighted by atomic mass is 32.2. The van der Waals surface area contributed by atoms with Crippen LogP contribution in [-0.4, -0.2) is 42.3 Å². The number of para-hydroxylation sites is 1. The molecular formula is C20H22N4O4S. The van der Waals surface area contributed by atoms with Crippen LogP contribution < -0.4 is 5.32 Å². The van der Waals surface area contributed by atoms with Crippen molar-refractivity contribution in [2.45, 2.75) is 24.2 Å². The molecule has 2 aromatic carbocycles. The summed E-state index contributed by atoms with van der Waals surface area (Å²) in [5.74, 6) is 0. The molecule has 29 heavy (non-hydrogen) atoms. The van der Waals surface area contributed by atoms with Crippen LogP contribution in [0.5, 0.6) is 0 Å². The fourth-order valence-corrected chi connectivity index (χ4v) is 5.43. The largest absolute Gasteiger partial charge is 0.384 e. The molecule has 1 saturated heterocycles. The Bertz CT molecular complexity index is 1150. The minimum Gasteiger partial charge on any atom is -0.384 e. The highest BCUT2D eigenvalue weighted by Crippen LogP contribution is 2.31. The topological polar surface area (TPSA) is 108 Å². The predicted octanol–water partition coefficient (Wildman–Crippen LogP) is 3.52. The van der Waals surface area contributed by atoms with Gasteiger partial charge in [-0.05, 0) is 37.0 Å². The molecule has 8 nitrogen and oxygen atoms in total. The fourth-order valence-electron chi connectivity index (χ4n) is 3.72. The molecule has 2 heterocycles. The molecule has 0 amide bonds. The molecule has 0 bridgehead atoms. The van der Waals surface area contributed by atoms with Crippen LogP contribution in [0.25, 0.3) is 10.9 Å². The van der Waals surface area contributed by atoms with Gasteiger partial charge in [0.25, 0.3) is 5.69 Å². The summed E-state index contributed by atoms with van der Waals surface area (Å²) in [4.78, 5) is 13.8. The molecule has 152 valence electrons. The number of sulfonamides is 1. The van der Waals surface area contributed by atoms with Crippen LogP contribution in [0.4, 0.5) is 11.4 Å². The molecule has 0 unspecified atom stereocenters. The van der Waals surface area contributed by atoms with Gasteiger partial charge < -0.3 is 10.3 Å². The SMILES string of the molecule is O=[N+]([O-])c1ccc(NCCc2c[nH]c3ccccc23)c(S(=O)(=O)N2CCCC2)c1. The number of nitro benzene ring substituents is 1. The number of anilines is 1. The molecule has 0 atom stereocenters. The van der Waals surface area contributed by atoms with Gasteiger partial charge in [-0.15, -0.1) is 0 Å². The van der Waals surface area contributed by atoms with Crippen LogP contribution in [0.3, 0.4) is 0 Å². The first-order valence-electron chi connectivity index (χ1n) is 9.54. The Morgan fingerprint density at radius 3 is 2.66 bits per heavy atom. The van der Waals surface area contributed by atoms with Gasteiger partial charge in [0.05, 0.1) is 10.6 Å². The minimum absolute atomic E-state index is 0.0347. The smallest absolute Gasteiger partial charge is 0.270 e. The summed E-state index contributed by atoms with van der Waals surface area (Å²) in [7, 11) is -3.78. The van der Waals surface area contributed by atoms with Crippen LogP contribution in [0.1, 0.15) is 18.4 Å². The monoisotopic (exact) mass is 414 g/mol. The van der Waals surface area contributed by atoms with Gasteiger partial charge in [-0.25, -0.2) is 8.42 Å². The first kappa shape index (κ1) is 19.4. The first-order chi connectivity index (χ1) is 14.0. The van der Waals surface area contributed by atoms with Gasteiger partial charge in [-0.1, -0.05) is 18.2 Å². The van der Waals surface area contributed by atoms with Gasteiger partial charge in [0.1, 0.15) is 4.90 Å². The highest BCUT2D eigenvalue weighted by Gasteiger charge is 2.30. The number of rotatable bonds is 7. The number of H-pyrrole nitrogens is 1. The van der Waals surface area contributed by atoms with E-state index in [1.165, 1.54) is 16.4 Å². The minimum atomic E-state index is -3.78. The zero-order valence-electron chi connectivity index (χ0n) is 15.8. The van der Waals surface area contributed by atoms with Crippen molar-refractivity contribution in [1.82, 2.24) is 9.29 Å². The van der Waals surface area contributed by atoms with Crippen molar-refractivity contribution in [2.75, 3.05) is 25.0 Å². The Morgan fingerprint density at radius 1 is 1.14 bits per heavy atom. The zero-order valence-corrected chi connectivity index (χ0v) is 16.6. The molecule has 1 aliphatic heterocycles. The van der Waals surface area contributed by atoms with E-state index in [0.29, 0.717) is 31.7 Å². The number of aromatic nitrogens is 1. The maximum absolute atomic E-state index is 13.1. The van der Waals surface area contributed by atoms with Gasteiger partial charge in [0, 0.05) is 48.9 Å². The molecule has 1 fully saturated rings. The van der Waals surface area contributed by atoms with Gasteiger partial charge >= 0.3 is 0 Å². The maximum atomic E-state index is 13.1. The summed E-state index contributed by atoms with van der Waals surface area (Å²) in [5, 5.41) is 15.5. The third-order valence-corrected chi connectivity index (χ3v) is 7.18. The average Bonchev–Trinajstić information content (AvgIpc) is 3.39. The number of aromatic amines is 1. The standard InChI is InChI=1S/C20H22N4O4S/c25-24(26)16-7-8-19(20(13-16)29(27,28)23-11-3-4-12-23)21-10-9-15-14-22-18-6-2-1-5-17(15)18/h1-2,5-8,13-14,21-22H,3-4,9-12H2. The molecule has 3 aromatic rings. The number of hydrogen-bond acceptors (Lipinski definition) is 5. The third kappa shape index (κ3) is 3.83. The zero-order chi connectivity index (χ0) is 20.4.